The summed E-state index contributed by atoms with van der Waals surface area (Å²) in [5.74, 6) is 1.53. The van der Waals surface area contributed by atoms with Crippen LogP contribution in [0.3, 0.4) is 0 Å². The first-order valence-corrected chi connectivity index (χ1v) is 28.6. The first kappa shape index (κ1) is 49.9. The first-order chi connectivity index (χ1) is 39.6. The van der Waals surface area contributed by atoms with E-state index < -0.39 is 0 Å². The second-order valence-corrected chi connectivity index (χ2v) is 23.1. The lowest BCUT2D eigenvalue weighted by molar-refractivity contribution is 0.657. The third-order valence-electron chi connectivity index (χ3n) is 16.6. The molecule has 13 aromatic rings. The Morgan fingerprint density at radius 2 is 0.691 bits per heavy atom. The summed E-state index contributed by atoms with van der Waals surface area (Å²) < 4.78 is 3.42. The van der Waals surface area contributed by atoms with Crippen LogP contribution in [0.5, 0.6) is 0 Å². The van der Waals surface area contributed by atoms with Crippen LogP contribution in [-0.4, -0.2) is 24.5 Å². The summed E-state index contributed by atoms with van der Waals surface area (Å²) in [6.45, 7) is 9.12. The molecule has 0 atom stereocenters. The van der Waals surface area contributed by atoms with Crippen molar-refractivity contribution in [3.63, 3.8) is 0 Å². The molecule has 3 aliphatic rings. The van der Waals surface area contributed by atoms with Crippen LogP contribution in [0.4, 0.5) is 0 Å². The van der Waals surface area contributed by atoms with Gasteiger partial charge in [0.1, 0.15) is 0 Å². The molecule has 5 nitrogen and oxygen atoms in total. The van der Waals surface area contributed by atoms with E-state index in [2.05, 4.69) is 267 Å². The lowest BCUT2D eigenvalue weighted by Gasteiger charge is -2.24. The fourth-order valence-corrected chi connectivity index (χ4v) is 13.0. The number of rotatable bonds is 5. The van der Waals surface area contributed by atoms with Gasteiger partial charge in [-0.05, 0) is 76.2 Å². The van der Waals surface area contributed by atoms with E-state index >= 15 is 0 Å². The normalized spacial score (nSPS) is 13.4. The van der Waals surface area contributed by atoms with Crippen molar-refractivity contribution in [3.05, 3.63) is 293 Å². The van der Waals surface area contributed by atoms with Crippen LogP contribution in [0.25, 0.3) is 106 Å². The van der Waals surface area contributed by atoms with E-state index in [-0.39, 0.29) is 10.8 Å². The summed E-state index contributed by atoms with van der Waals surface area (Å²) in [6, 6.07) is 89.6. The Morgan fingerprint density at radius 3 is 1.15 bits per heavy atom. The zero-order valence-corrected chi connectivity index (χ0v) is 47.2. The second kappa shape index (κ2) is 20.1. The maximum atomic E-state index is 5.24. The summed E-state index contributed by atoms with van der Waals surface area (Å²) in [7, 11) is 0. The molecule has 6 heteroatoms. The van der Waals surface area contributed by atoms with Crippen LogP contribution in [-0.2, 0) is 17.3 Å². The molecule has 0 bridgehead atoms. The Labute approximate surface area is 481 Å². The van der Waals surface area contributed by atoms with E-state index in [0.717, 1.165) is 73.3 Å². The van der Waals surface area contributed by atoms with Crippen LogP contribution >= 0.6 is 15.9 Å². The lowest BCUT2D eigenvalue weighted by Crippen LogP contribution is -2.17. The molecule has 3 aliphatic carbocycles. The molecular formula is C75H56BrN5. The molecule has 0 radical (unpaired) electrons. The van der Waals surface area contributed by atoms with Gasteiger partial charge in [0.25, 0.3) is 0 Å². The van der Waals surface area contributed by atoms with Gasteiger partial charge in [0.15, 0.2) is 11.6 Å². The molecule has 0 N–H and O–H groups in total. The van der Waals surface area contributed by atoms with Crippen molar-refractivity contribution in [2.45, 2.75) is 44.9 Å². The Hall–Kier alpha value is -9.36. The Morgan fingerprint density at radius 1 is 0.333 bits per heavy atom. The van der Waals surface area contributed by atoms with Crippen LogP contribution in [0.15, 0.2) is 259 Å². The van der Waals surface area contributed by atoms with E-state index in [1.807, 2.05) is 36.4 Å². The van der Waals surface area contributed by atoms with Gasteiger partial charge in [-0.3, -0.25) is 0 Å². The number of benzene rings is 10. The van der Waals surface area contributed by atoms with Crippen LogP contribution in [0.1, 0.15) is 61.1 Å². The highest BCUT2D eigenvalue weighted by Crippen LogP contribution is 2.53. The number of halogens is 1. The van der Waals surface area contributed by atoms with Gasteiger partial charge in [0.2, 0.25) is 0 Å². The maximum Gasteiger partial charge on any atom is 0.160 e. The number of aromatic nitrogens is 5. The zero-order chi connectivity index (χ0) is 54.8. The van der Waals surface area contributed by atoms with E-state index in [4.69, 9.17) is 19.9 Å². The SMILES string of the molecule is CC1(C)c2ccccc2-c2nc(-c3ccccc3)nc(-c3ccc(-n4c5ccccc5c5ccccc54)cc3)c21.CC1(C)c2ccccc2-c2nc(-c3ccccc3)nc(-c3ccc(Br)cc3)c21.c1ccc2c(c1)Cc1ccccc1-2. The standard InChI is InChI=1S/C37H27N3.C25H19BrN2.C13H10/c1-37(2)30-17-9-6-16-29(30)35-33(37)34(38-36(39-35)25-12-4-3-5-13-25)24-20-22-26(23-21-24)40-31-18-10-7-14-27(31)28-15-8-11-19-32(28)40;1-25(2)20-11-7-6-10-19(20)23-21(25)22(16-12-14-18(26)15-13-16)27-24(28-23)17-8-4-3-5-9-17;1-3-7-12-10(5-1)9-11-6-2-4-8-13(11)12/h3-23H,1-2H3;3-15H,1-2H3;1-8H,9H2. The van der Waals surface area contributed by atoms with Gasteiger partial charge >= 0.3 is 0 Å². The van der Waals surface area contributed by atoms with Crippen molar-refractivity contribution in [3.8, 4) is 84.6 Å². The lowest BCUT2D eigenvalue weighted by atomic mass is 9.81. The van der Waals surface area contributed by atoms with Crippen LogP contribution in [0, 0.1) is 0 Å². The third kappa shape index (κ3) is 8.61. The number of hydrogen-bond acceptors (Lipinski definition) is 4. The minimum atomic E-state index is -0.206. The summed E-state index contributed by atoms with van der Waals surface area (Å²) in [5, 5.41) is 2.53. The smallest absolute Gasteiger partial charge is 0.160 e. The number of nitrogens with zero attached hydrogens (tertiary/aromatic N) is 5. The van der Waals surface area contributed by atoms with Crippen molar-refractivity contribution in [2.75, 3.05) is 0 Å². The minimum Gasteiger partial charge on any atom is -0.309 e. The fourth-order valence-electron chi connectivity index (χ4n) is 12.7. The summed E-state index contributed by atoms with van der Waals surface area (Å²) in [5.41, 5.74) is 24.7. The average molecular weight is 1110 g/mol. The van der Waals surface area contributed by atoms with E-state index in [1.54, 1.807) is 0 Å². The number of para-hydroxylation sites is 2. The van der Waals surface area contributed by atoms with Crippen LogP contribution in [0.2, 0.25) is 0 Å². The molecule has 0 saturated heterocycles. The largest absolute Gasteiger partial charge is 0.309 e. The van der Waals surface area contributed by atoms with Gasteiger partial charge < -0.3 is 4.57 Å². The van der Waals surface area contributed by atoms with Crippen molar-refractivity contribution in [1.29, 1.82) is 0 Å². The van der Waals surface area contributed by atoms with Gasteiger partial charge in [-0.25, -0.2) is 19.9 Å². The average Bonchev–Trinajstić information content (AvgIpc) is 4.28. The van der Waals surface area contributed by atoms with E-state index in [9.17, 15) is 0 Å². The van der Waals surface area contributed by atoms with E-state index in [0.29, 0.717) is 0 Å². The molecule has 388 valence electrons. The maximum absolute atomic E-state index is 5.24. The number of fused-ring (bicyclic) bond motifs is 12. The predicted octanol–water partition coefficient (Wildman–Crippen LogP) is 19.4. The topological polar surface area (TPSA) is 56.5 Å². The van der Waals surface area contributed by atoms with Crippen LogP contribution < -0.4 is 0 Å². The van der Waals surface area contributed by atoms with E-state index in [1.165, 1.54) is 77.4 Å². The highest BCUT2D eigenvalue weighted by molar-refractivity contribution is 9.10. The molecule has 16 rings (SSSR count). The van der Waals surface area contributed by atoms with Gasteiger partial charge in [0, 0.05) is 76.3 Å². The third-order valence-corrected chi connectivity index (χ3v) is 17.2. The molecule has 0 aliphatic heterocycles. The summed E-state index contributed by atoms with van der Waals surface area (Å²) in [6.07, 6.45) is 1.10. The molecule has 0 unspecified atom stereocenters. The fraction of sp³-hybridized carbons (Fsp3) is 0.0933. The second-order valence-electron chi connectivity index (χ2n) is 22.2. The molecular weight excluding hydrogens is 1050 g/mol. The first-order valence-electron chi connectivity index (χ1n) is 27.8. The number of hydrogen-bond donors (Lipinski definition) is 0. The van der Waals surface area contributed by atoms with Gasteiger partial charge in [0.05, 0.1) is 33.8 Å². The van der Waals surface area contributed by atoms with Gasteiger partial charge in [-0.15, -0.1) is 0 Å². The Balaban J connectivity index is 0.000000123. The van der Waals surface area contributed by atoms with Crippen molar-refractivity contribution in [2.24, 2.45) is 0 Å². The molecule has 0 saturated carbocycles. The highest BCUT2D eigenvalue weighted by atomic mass is 79.9. The Kier molecular flexibility index (Phi) is 12.4. The highest BCUT2D eigenvalue weighted by Gasteiger charge is 2.41. The summed E-state index contributed by atoms with van der Waals surface area (Å²) in [4.78, 5) is 20.5. The minimum absolute atomic E-state index is 0.149. The zero-order valence-electron chi connectivity index (χ0n) is 45.6. The summed E-state index contributed by atoms with van der Waals surface area (Å²) >= 11 is 3.54. The molecule has 81 heavy (non-hydrogen) atoms. The molecule has 3 heterocycles. The molecule has 0 spiro atoms. The van der Waals surface area contributed by atoms with Gasteiger partial charge in [-0.1, -0.05) is 262 Å². The molecule has 0 fully saturated rings. The quantitative estimate of drug-likeness (QED) is 0.172. The van der Waals surface area contributed by atoms with Crippen molar-refractivity contribution in [1.82, 2.24) is 24.5 Å². The Bertz CT molecular complexity index is 4440. The van der Waals surface area contributed by atoms with Crippen molar-refractivity contribution >= 4 is 37.7 Å². The predicted molar refractivity (Wildman–Crippen MR) is 338 cm³/mol. The molecule has 10 aromatic carbocycles. The molecule has 3 aromatic heterocycles. The van der Waals surface area contributed by atoms with Gasteiger partial charge in [-0.2, -0.15) is 0 Å². The van der Waals surface area contributed by atoms with Crippen molar-refractivity contribution < 1.29 is 0 Å². The monoisotopic (exact) mass is 1110 g/mol. The molecule has 0 amide bonds.